The lowest BCUT2D eigenvalue weighted by atomic mass is 10.2. The van der Waals surface area contributed by atoms with Gasteiger partial charge in [-0.05, 0) is 25.1 Å². The van der Waals surface area contributed by atoms with Gasteiger partial charge in [0.15, 0.2) is 0 Å². The Bertz CT molecular complexity index is 511. The maximum Gasteiger partial charge on any atom is 0.145 e. The topological polar surface area (TPSA) is 34.1 Å². The summed E-state index contributed by atoms with van der Waals surface area (Å²) in [5.74, 6) is 0.836. The predicted molar refractivity (Wildman–Crippen MR) is 74.9 cm³/mol. The van der Waals surface area contributed by atoms with Crippen molar-refractivity contribution < 1.29 is 4.74 Å². The van der Waals surface area contributed by atoms with Gasteiger partial charge in [0, 0.05) is 11.9 Å². The highest BCUT2D eigenvalue weighted by Crippen LogP contribution is 2.23. The van der Waals surface area contributed by atoms with Gasteiger partial charge in [-0.2, -0.15) is 0 Å². The summed E-state index contributed by atoms with van der Waals surface area (Å²) >= 11 is 0. The molecule has 96 valence electrons. The molecule has 0 fully saturated rings. The van der Waals surface area contributed by atoms with Crippen LogP contribution in [0.2, 0.25) is 0 Å². The smallest absolute Gasteiger partial charge is 0.145 e. The molecule has 3 heteroatoms. The van der Waals surface area contributed by atoms with Crippen LogP contribution in [-0.4, -0.2) is 18.6 Å². The van der Waals surface area contributed by atoms with Crippen LogP contribution in [0.25, 0.3) is 10.9 Å². The summed E-state index contributed by atoms with van der Waals surface area (Å²) in [5.41, 5.74) is 2.00. The van der Waals surface area contributed by atoms with Gasteiger partial charge >= 0.3 is 0 Å². The van der Waals surface area contributed by atoms with Crippen molar-refractivity contribution in [3.63, 3.8) is 0 Å². The zero-order valence-corrected chi connectivity index (χ0v) is 11.1. The molecule has 0 bridgehead atoms. The number of nitrogens with one attached hydrogen (secondary N) is 1. The van der Waals surface area contributed by atoms with Crippen molar-refractivity contribution in [2.24, 2.45) is 0 Å². The molecule has 2 rings (SSSR count). The molecule has 0 spiro atoms. The Morgan fingerprint density at radius 1 is 1.22 bits per heavy atom. The van der Waals surface area contributed by atoms with Gasteiger partial charge in [0.2, 0.25) is 0 Å². The van der Waals surface area contributed by atoms with Crippen molar-refractivity contribution in [3.05, 3.63) is 36.0 Å². The first-order chi connectivity index (χ1) is 8.85. The van der Waals surface area contributed by atoms with Crippen molar-refractivity contribution in [1.82, 2.24) is 10.3 Å². The molecular weight excluding hydrogens is 224 g/mol. The first-order valence-electron chi connectivity index (χ1n) is 6.48. The second-order valence-corrected chi connectivity index (χ2v) is 4.36. The monoisotopic (exact) mass is 244 g/mol. The molecule has 0 atom stereocenters. The quantitative estimate of drug-likeness (QED) is 0.793. The fourth-order valence-corrected chi connectivity index (χ4v) is 1.94. The van der Waals surface area contributed by atoms with Crippen LogP contribution in [0, 0.1) is 0 Å². The van der Waals surface area contributed by atoms with Crippen LogP contribution in [0.3, 0.4) is 0 Å². The second kappa shape index (κ2) is 6.36. The van der Waals surface area contributed by atoms with Gasteiger partial charge in [-0.1, -0.05) is 31.5 Å². The van der Waals surface area contributed by atoms with Crippen LogP contribution in [0.15, 0.2) is 30.3 Å². The molecule has 0 aliphatic heterocycles. The Hall–Kier alpha value is -1.61. The molecule has 18 heavy (non-hydrogen) atoms. The molecule has 1 aromatic heterocycles. The lowest BCUT2D eigenvalue weighted by Gasteiger charge is -2.07. The molecule has 1 aromatic carbocycles. The minimum atomic E-state index is 0.813. The molecule has 0 unspecified atom stereocenters. The van der Waals surface area contributed by atoms with E-state index in [-0.39, 0.29) is 0 Å². The van der Waals surface area contributed by atoms with Crippen LogP contribution in [0.1, 0.15) is 25.5 Å². The number of fused-ring (bicyclic) bond motifs is 1. The number of pyridine rings is 1. The van der Waals surface area contributed by atoms with Gasteiger partial charge in [0.1, 0.15) is 11.3 Å². The van der Waals surface area contributed by atoms with E-state index in [1.54, 1.807) is 7.11 Å². The minimum absolute atomic E-state index is 0.813. The number of benzene rings is 1. The highest BCUT2D eigenvalue weighted by molar-refractivity contribution is 5.84. The van der Waals surface area contributed by atoms with Crippen LogP contribution in [-0.2, 0) is 6.54 Å². The van der Waals surface area contributed by atoms with E-state index in [1.807, 2.05) is 12.1 Å². The third kappa shape index (κ3) is 2.99. The Balaban J connectivity index is 2.15. The van der Waals surface area contributed by atoms with Crippen molar-refractivity contribution in [2.45, 2.75) is 26.3 Å². The second-order valence-electron chi connectivity index (χ2n) is 4.36. The summed E-state index contributed by atoms with van der Waals surface area (Å²) < 4.78 is 5.34. The van der Waals surface area contributed by atoms with Gasteiger partial charge in [0.25, 0.3) is 0 Å². The summed E-state index contributed by atoms with van der Waals surface area (Å²) in [7, 11) is 1.68. The maximum atomic E-state index is 5.34. The largest absolute Gasteiger partial charge is 0.494 e. The molecule has 0 saturated heterocycles. The molecule has 0 aliphatic rings. The molecule has 1 N–H and O–H groups in total. The van der Waals surface area contributed by atoms with E-state index in [0.29, 0.717) is 0 Å². The Morgan fingerprint density at radius 3 is 2.89 bits per heavy atom. The summed E-state index contributed by atoms with van der Waals surface area (Å²) in [6.45, 7) is 4.05. The fraction of sp³-hybridized carbons (Fsp3) is 0.400. The van der Waals surface area contributed by atoms with E-state index in [1.165, 1.54) is 12.8 Å². The van der Waals surface area contributed by atoms with Crippen LogP contribution >= 0.6 is 0 Å². The molecule has 1 heterocycles. The van der Waals surface area contributed by atoms with Crippen LogP contribution in [0.5, 0.6) is 5.75 Å². The number of aromatic nitrogens is 1. The number of unbranched alkanes of at least 4 members (excludes halogenated alkanes) is 1. The zero-order chi connectivity index (χ0) is 12.8. The number of rotatable bonds is 6. The van der Waals surface area contributed by atoms with Crippen molar-refractivity contribution >= 4 is 10.9 Å². The normalized spacial score (nSPS) is 10.8. The Labute approximate surface area is 108 Å². The number of ether oxygens (including phenoxy) is 1. The average molecular weight is 244 g/mol. The van der Waals surface area contributed by atoms with E-state index < -0.39 is 0 Å². The van der Waals surface area contributed by atoms with E-state index in [4.69, 9.17) is 4.74 Å². The van der Waals surface area contributed by atoms with Crippen LogP contribution in [0.4, 0.5) is 0 Å². The highest BCUT2D eigenvalue weighted by Gasteiger charge is 2.03. The number of para-hydroxylation sites is 1. The summed E-state index contributed by atoms with van der Waals surface area (Å²) in [6, 6.07) is 10.2. The molecule has 0 aliphatic carbocycles. The van der Waals surface area contributed by atoms with Crippen molar-refractivity contribution in [1.29, 1.82) is 0 Å². The van der Waals surface area contributed by atoms with Crippen molar-refractivity contribution in [3.8, 4) is 5.75 Å². The van der Waals surface area contributed by atoms with Gasteiger partial charge in [0.05, 0.1) is 12.8 Å². The third-order valence-electron chi connectivity index (χ3n) is 2.97. The van der Waals surface area contributed by atoms with E-state index in [0.717, 1.165) is 35.4 Å². The summed E-state index contributed by atoms with van der Waals surface area (Å²) in [4.78, 5) is 4.66. The highest BCUT2D eigenvalue weighted by atomic mass is 16.5. The molecule has 2 aromatic rings. The first-order valence-corrected chi connectivity index (χ1v) is 6.48. The van der Waals surface area contributed by atoms with E-state index in [2.05, 4.69) is 35.4 Å². The van der Waals surface area contributed by atoms with Gasteiger partial charge < -0.3 is 10.1 Å². The third-order valence-corrected chi connectivity index (χ3v) is 2.97. The average Bonchev–Trinajstić information content (AvgIpc) is 2.43. The Morgan fingerprint density at radius 2 is 2.11 bits per heavy atom. The lowest BCUT2D eigenvalue weighted by molar-refractivity contribution is 0.418. The number of hydrogen-bond donors (Lipinski definition) is 1. The molecular formula is C15H20N2O. The molecule has 0 radical (unpaired) electrons. The Kier molecular flexibility index (Phi) is 4.53. The molecule has 3 nitrogen and oxygen atoms in total. The zero-order valence-electron chi connectivity index (χ0n) is 11.1. The molecule has 0 saturated carbocycles. The molecule has 0 amide bonds. The maximum absolute atomic E-state index is 5.34. The number of nitrogens with zero attached hydrogens (tertiary/aromatic N) is 1. The van der Waals surface area contributed by atoms with Crippen LogP contribution < -0.4 is 10.1 Å². The fourth-order valence-electron chi connectivity index (χ4n) is 1.94. The standard InChI is InChI=1S/C15H20N2O/c1-3-4-10-16-11-13-9-8-12-6-5-7-14(18-2)15(12)17-13/h5-9,16H,3-4,10-11H2,1-2H3. The first kappa shape index (κ1) is 12.8. The summed E-state index contributed by atoms with van der Waals surface area (Å²) in [5, 5.41) is 4.52. The van der Waals surface area contributed by atoms with Gasteiger partial charge in [-0.15, -0.1) is 0 Å². The van der Waals surface area contributed by atoms with Gasteiger partial charge in [-0.3, -0.25) is 0 Å². The SMILES string of the molecule is CCCCNCc1ccc2cccc(OC)c2n1. The number of hydrogen-bond acceptors (Lipinski definition) is 3. The van der Waals surface area contributed by atoms with E-state index >= 15 is 0 Å². The lowest BCUT2D eigenvalue weighted by Crippen LogP contribution is -2.15. The minimum Gasteiger partial charge on any atom is -0.494 e. The summed E-state index contributed by atoms with van der Waals surface area (Å²) in [6.07, 6.45) is 2.42. The van der Waals surface area contributed by atoms with E-state index in [9.17, 15) is 0 Å². The van der Waals surface area contributed by atoms with Gasteiger partial charge in [-0.25, -0.2) is 4.98 Å². The number of methoxy groups -OCH3 is 1. The predicted octanol–water partition coefficient (Wildman–Crippen LogP) is 3.13. The van der Waals surface area contributed by atoms with Crippen molar-refractivity contribution in [2.75, 3.05) is 13.7 Å².